The van der Waals surface area contributed by atoms with Crippen LogP contribution in [0.1, 0.15) is 32.1 Å². The van der Waals surface area contributed by atoms with Crippen LogP contribution in [0.15, 0.2) is 0 Å². The normalized spacial score (nSPS) is 22.4. The predicted octanol–water partition coefficient (Wildman–Crippen LogP) is 0.653. The van der Waals surface area contributed by atoms with Crippen molar-refractivity contribution in [2.45, 2.75) is 38.1 Å². The first kappa shape index (κ1) is 12.8. The topological polar surface area (TPSA) is 58.4 Å². The molecule has 1 amide bonds. The monoisotopic (exact) mass is 255 g/mol. The van der Waals surface area contributed by atoms with Gasteiger partial charge in [0.2, 0.25) is 5.91 Å². The summed E-state index contributed by atoms with van der Waals surface area (Å²) >= 11 is 5.01. The maximum Gasteiger partial charge on any atom is 0.221 e. The Bertz CT molecular complexity index is 296. The zero-order valence-corrected chi connectivity index (χ0v) is 11.0. The van der Waals surface area contributed by atoms with E-state index in [1.54, 1.807) is 0 Å². The van der Waals surface area contributed by atoms with E-state index >= 15 is 0 Å². The number of nitrogens with two attached hydrogens (primary N) is 1. The lowest BCUT2D eigenvalue weighted by molar-refractivity contribution is -0.121. The van der Waals surface area contributed by atoms with Crippen molar-refractivity contribution in [3.05, 3.63) is 0 Å². The van der Waals surface area contributed by atoms with Crippen molar-refractivity contribution < 1.29 is 4.79 Å². The Morgan fingerprint density at radius 2 is 1.94 bits per heavy atom. The standard InChI is InChI=1S/C12H21N3OS/c13-12(17)9-3-6-15(7-4-9)8-5-11(16)14-10-1-2-10/h9-10H,1-8H2,(H2,13,17)(H,14,16). The molecule has 1 saturated carbocycles. The molecule has 3 N–H and O–H groups in total. The average Bonchev–Trinajstić information content (AvgIpc) is 3.11. The van der Waals surface area contributed by atoms with E-state index < -0.39 is 0 Å². The van der Waals surface area contributed by atoms with Crippen LogP contribution in [0.25, 0.3) is 0 Å². The average molecular weight is 255 g/mol. The highest BCUT2D eigenvalue weighted by atomic mass is 32.1. The molecule has 17 heavy (non-hydrogen) atoms. The number of thiocarbonyl (C=S) groups is 1. The number of hydrogen-bond acceptors (Lipinski definition) is 3. The Balaban J connectivity index is 1.60. The van der Waals surface area contributed by atoms with Crippen molar-refractivity contribution in [2.75, 3.05) is 19.6 Å². The molecule has 1 aliphatic heterocycles. The van der Waals surface area contributed by atoms with Gasteiger partial charge in [-0.3, -0.25) is 4.79 Å². The van der Waals surface area contributed by atoms with Gasteiger partial charge in [0.05, 0.1) is 4.99 Å². The quantitative estimate of drug-likeness (QED) is 0.708. The van der Waals surface area contributed by atoms with Gasteiger partial charge in [-0.2, -0.15) is 0 Å². The molecule has 1 aliphatic carbocycles. The van der Waals surface area contributed by atoms with Crippen molar-refractivity contribution in [2.24, 2.45) is 11.7 Å². The van der Waals surface area contributed by atoms with Crippen LogP contribution in [0.2, 0.25) is 0 Å². The van der Waals surface area contributed by atoms with E-state index in [2.05, 4.69) is 10.2 Å². The van der Waals surface area contributed by atoms with Crippen LogP contribution >= 0.6 is 12.2 Å². The van der Waals surface area contributed by atoms with Crippen molar-refractivity contribution in [1.82, 2.24) is 10.2 Å². The lowest BCUT2D eigenvalue weighted by Gasteiger charge is -2.31. The summed E-state index contributed by atoms with van der Waals surface area (Å²) in [6.45, 7) is 2.89. The minimum absolute atomic E-state index is 0.198. The summed E-state index contributed by atoms with van der Waals surface area (Å²) in [6, 6.07) is 0.475. The molecule has 0 spiro atoms. The second kappa shape index (κ2) is 5.78. The molecule has 1 heterocycles. The van der Waals surface area contributed by atoms with Crippen molar-refractivity contribution in [3.8, 4) is 0 Å². The Hall–Kier alpha value is -0.680. The van der Waals surface area contributed by atoms with Gasteiger partial charge in [0.25, 0.3) is 0 Å². The molecule has 1 saturated heterocycles. The molecule has 5 heteroatoms. The summed E-state index contributed by atoms with van der Waals surface area (Å²) < 4.78 is 0. The summed E-state index contributed by atoms with van der Waals surface area (Å²) in [5, 5.41) is 3.01. The predicted molar refractivity (Wildman–Crippen MR) is 71.7 cm³/mol. The van der Waals surface area contributed by atoms with Gasteiger partial charge in [0.1, 0.15) is 0 Å². The number of carbonyl (C=O) groups is 1. The van der Waals surface area contributed by atoms with E-state index in [-0.39, 0.29) is 5.91 Å². The minimum Gasteiger partial charge on any atom is -0.393 e. The molecule has 2 aliphatic rings. The highest BCUT2D eigenvalue weighted by molar-refractivity contribution is 7.80. The lowest BCUT2D eigenvalue weighted by atomic mass is 9.97. The minimum atomic E-state index is 0.198. The van der Waals surface area contributed by atoms with E-state index in [4.69, 9.17) is 18.0 Å². The van der Waals surface area contributed by atoms with Gasteiger partial charge >= 0.3 is 0 Å². The van der Waals surface area contributed by atoms with E-state index in [0.717, 1.165) is 45.3 Å². The van der Waals surface area contributed by atoms with E-state index in [0.29, 0.717) is 23.4 Å². The first-order valence-electron chi connectivity index (χ1n) is 6.46. The smallest absolute Gasteiger partial charge is 0.221 e. The van der Waals surface area contributed by atoms with E-state index in [9.17, 15) is 4.79 Å². The molecule has 96 valence electrons. The van der Waals surface area contributed by atoms with Gasteiger partial charge < -0.3 is 16.0 Å². The molecule has 0 bridgehead atoms. The van der Waals surface area contributed by atoms with Crippen molar-refractivity contribution in [1.29, 1.82) is 0 Å². The Labute approximate surface area is 108 Å². The van der Waals surface area contributed by atoms with Crippen LogP contribution in [-0.2, 0) is 4.79 Å². The molecule has 2 fully saturated rings. The third kappa shape index (κ3) is 4.24. The van der Waals surface area contributed by atoms with Gasteiger partial charge in [-0.1, -0.05) is 12.2 Å². The van der Waals surface area contributed by atoms with Crippen LogP contribution < -0.4 is 11.1 Å². The van der Waals surface area contributed by atoms with Crippen LogP contribution in [0.4, 0.5) is 0 Å². The van der Waals surface area contributed by atoms with Crippen LogP contribution in [-0.4, -0.2) is 41.5 Å². The largest absolute Gasteiger partial charge is 0.393 e. The molecule has 0 atom stereocenters. The molecule has 0 radical (unpaired) electrons. The van der Waals surface area contributed by atoms with Gasteiger partial charge in [0, 0.05) is 24.9 Å². The maximum absolute atomic E-state index is 11.5. The number of amides is 1. The van der Waals surface area contributed by atoms with Gasteiger partial charge in [-0.15, -0.1) is 0 Å². The molecule has 0 aromatic heterocycles. The Kier molecular flexibility index (Phi) is 4.34. The summed E-state index contributed by atoms with van der Waals surface area (Å²) in [5.41, 5.74) is 5.65. The van der Waals surface area contributed by atoms with Crippen LogP contribution in [0.3, 0.4) is 0 Å². The fraction of sp³-hybridized carbons (Fsp3) is 0.833. The third-order valence-corrected chi connectivity index (χ3v) is 3.92. The first-order valence-corrected chi connectivity index (χ1v) is 6.87. The first-order chi connectivity index (χ1) is 8.15. The second-order valence-corrected chi connectivity index (χ2v) is 5.58. The Morgan fingerprint density at radius 3 is 2.47 bits per heavy atom. The number of nitrogens with one attached hydrogen (secondary N) is 1. The van der Waals surface area contributed by atoms with Crippen LogP contribution in [0, 0.1) is 5.92 Å². The molecule has 0 aromatic carbocycles. The zero-order chi connectivity index (χ0) is 12.3. The lowest BCUT2D eigenvalue weighted by Crippen LogP contribution is -2.39. The summed E-state index contributed by atoms with van der Waals surface area (Å²) in [7, 11) is 0. The molecule has 0 aromatic rings. The van der Waals surface area contributed by atoms with E-state index in [1.165, 1.54) is 0 Å². The maximum atomic E-state index is 11.5. The number of piperidine rings is 1. The summed E-state index contributed by atoms with van der Waals surface area (Å²) in [5.74, 6) is 0.602. The van der Waals surface area contributed by atoms with Gasteiger partial charge in [-0.25, -0.2) is 0 Å². The number of rotatable bonds is 5. The fourth-order valence-electron chi connectivity index (χ4n) is 2.23. The molecular weight excluding hydrogens is 234 g/mol. The van der Waals surface area contributed by atoms with E-state index in [1.807, 2.05) is 0 Å². The third-order valence-electron chi connectivity index (χ3n) is 3.59. The number of hydrogen-bond donors (Lipinski definition) is 2. The molecular formula is C12H21N3OS. The number of carbonyl (C=O) groups excluding carboxylic acids is 1. The van der Waals surface area contributed by atoms with Gasteiger partial charge in [-0.05, 0) is 38.8 Å². The van der Waals surface area contributed by atoms with Gasteiger partial charge in [0.15, 0.2) is 0 Å². The second-order valence-electron chi connectivity index (χ2n) is 5.11. The zero-order valence-electron chi connectivity index (χ0n) is 10.2. The fourth-order valence-corrected chi connectivity index (χ4v) is 2.46. The van der Waals surface area contributed by atoms with Crippen LogP contribution in [0.5, 0.6) is 0 Å². The van der Waals surface area contributed by atoms with Crippen molar-refractivity contribution >= 4 is 23.1 Å². The summed E-state index contributed by atoms with van der Waals surface area (Å²) in [4.78, 5) is 14.5. The highest BCUT2D eigenvalue weighted by Crippen LogP contribution is 2.19. The summed E-state index contributed by atoms with van der Waals surface area (Å²) in [6.07, 6.45) is 5.02. The SMILES string of the molecule is NC(=S)C1CCN(CCC(=O)NC2CC2)CC1. The molecule has 2 rings (SSSR count). The molecule has 4 nitrogen and oxygen atoms in total. The van der Waals surface area contributed by atoms with Crippen molar-refractivity contribution in [3.63, 3.8) is 0 Å². The number of likely N-dealkylation sites (tertiary alicyclic amines) is 1. The highest BCUT2D eigenvalue weighted by Gasteiger charge is 2.24. The number of nitrogens with zero attached hydrogens (tertiary/aromatic N) is 1. The Morgan fingerprint density at radius 1 is 1.29 bits per heavy atom. The molecule has 0 unspecified atom stereocenters.